The molecule has 1 aliphatic rings. The van der Waals surface area contributed by atoms with Gasteiger partial charge in [0.15, 0.2) is 0 Å². The van der Waals surface area contributed by atoms with Crippen LogP contribution in [-0.4, -0.2) is 33.4 Å². The Bertz CT molecular complexity index is 373. The van der Waals surface area contributed by atoms with Gasteiger partial charge in [0.25, 0.3) is 0 Å². The van der Waals surface area contributed by atoms with Crippen molar-refractivity contribution in [1.29, 1.82) is 0 Å². The predicted molar refractivity (Wildman–Crippen MR) is 54.5 cm³/mol. The van der Waals surface area contributed by atoms with Crippen molar-refractivity contribution in [3.8, 4) is 11.6 Å². The van der Waals surface area contributed by atoms with Crippen molar-refractivity contribution in [2.75, 3.05) is 0 Å². The van der Waals surface area contributed by atoms with E-state index in [2.05, 4.69) is 10.3 Å². The molecule has 1 amide bonds. The smallest absolute Gasteiger partial charge is 0.404 e. The highest BCUT2D eigenvalue weighted by atomic mass is 16.5. The number of carboxylic acid groups (broad SMARTS) is 1. The Kier molecular flexibility index (Phi) is 2.80. The van der Waals surface area contributed by atoms with E-state index < -0.39 is 6.09 Å². The molecule has 1 saturated carbocycles. The number of rotatable bonds is 3. The highest BCUT2D eigenvalue weighted by Crippen LogP contribution is 2.25. The lowest BCUT2D eigenvalue weighted by molar-refractivity contribution is 0.0792. The molecule has 0 spiro atoms. The van der Waals surface area contributed by atoms with Crippen LogP contribution in [0.25, 0.3) is 0 Å². The maximum atomic E-state index is 10.3. The molecular formula is C10H12N2O4. The Morgan fingerprint density at radius 3 is 2.81 bits per heavy atom. The quantitative estimate of drug-likeness (QED) is 0.711. The van der Waals surface area contributed by atoms with Gasteiger partial charge in [0.05, 0.1) is 6.20 Å². The first-order valence-corrected chi connectivity index (χ1v) is 4.94. The van der Waals surface area contributed by atoms with Gasteiger partial charge < -0.3 is 20.3 Å². The van der Waals surface area contributed by atoms with Crippen molar-refractivity contribution >= 4 is 6.09 Å². The Morgan fingerprint density at radius 2 is 2.25 bits per heavy atom. The first-order chi connectivity index (χ1) is 7.63. The largest absolute Gasteiger partial charge is 0.506 e. The summed E-state index contributed by atoms with van der Waals surface area (Å²) in [6, 6.07) is 3.04. The lowest BCUT2D eigenvalue weighted by atomic mass is 9.89. The third-order valence-electron chi connectivity index (χ3n) is 2.43. The third kappa shape index (κ3) is 2.53. The molecule has 1 aromatic rings. The maximum Gasteiger partial charge on any atom is 0.404 e. The van der Waals surface area contributed by atoms with Gasteiger partial charge in [0, 0.05) is 24.9 Å². The third-order valence-corrected chi connectivity index (χ3v) is 2.43. The topological polar surface area (TPSA) is 91.7 Å². The zero-order chi connectivity index (χ0) is 11.5. The van der Waals surface area contributed by atoms with Crippen LogP contribution in [0.5, 0.6) is 11.6 Å². The number of ether oxygens (including phenoxy) is 1. The summed E-state index contributed by atoms with van der Waals surface area (Å²) < 4.78 is 5.46. The van der Waals surface area contributed by atoms with Crippen LogP contribution in [0.4, 0.5) is 4.79 Å². The van der Waals surface area contributed by atoms with Gasteiger partial charge in [0.2, 0.25) is 5.88 Å². The SMILES string of the molecule is O=C(O)NC1CC(Oc2ccc(O)cn2)C1. The molecule has 6 nitrogen and oxygen atoms in total. The van der Waals surface area contributed by atoms with E-state index in [1.54, 1.807) is 6.07 Å². The molecule has 0 aromatic carbocycles. The molecule has 0 aliphatic heterocycles. The van der Waals surface area contributed by atoms with E-state index >= 15 is 0 Å². The van der Waals surface area contributed by atoms with Gasteiger partial charge in [-0.1, -0.05) is 0 Å². The summed E-state index contributed by atoms with van der Waals surface area (Å²) in [4.78, 5) is 14.2. The van der Waals surface area contributed by atoms with Gasteiger partial charge in [0.1, 0.15) is 11.9 Å². The summed E-state index contributed by atoms with van der Waals surface area (Å²) in [6.07, 6.45) is 1.59. The van der Waals surface area contributed by atoms with Crippen LogP contribution < -0.4 is 10.1 Å². The Morgan fingerprint density at radius 1 is 1.50 bits per heavy atom. The Hall–Kier alpha value is -1.98. The number of amides is 1. The number of hydrogen-bond donors (Lipinski definition) is 3. The van der Waals surface area contributed by atoms with E-state index in [0.717, 1.165) is 0 Å². The minimum absolute atomic E-state index is 0.00565. The van der Waals surface area contributed by atoms with Crippen molar-refractivity contribution in [2.24, 2.45) is 0 Å². The van der Waals surface area contributed by atoms with Crippen molar-refractivity contribution in [2.45, 2.75) is 25.0 Å². The van der Waals surface area contributed by atoms with Crippen molar-refractivity contribution < 1.29 is 19.7 Å². The molecule has 0 atom stereocenters. The summed E-state index contributed by atoms with van der Waals surface area (Å²) >= 11 is 0. The second-order valence-corrected chi connectivity index (χ2v) is 3.71. The zero-order valence-corrected chi connectivity index (χ0v) is 8.46. The Labute approximate surface area is 91.9 Å². The van der Waals surface area contributed by atoms with E-state index in [1.807, 2.05) is 0 Å². The number of nitrogens with one attached hydrogen (secondary N) is 1. The number of aromatic hydroxyl groups is 1. The highest BCUT2D eigenvalue weighted by molar-refractivity contribution is 5.65. The maximum absolute atomic E-state index is 10.3. The average Bonchev–Trinajstić information content (AvgIpc) is 2.17. The molecule has 0 radical (unpaired) electrons. The molecule has 2 rings (SSSR count). The minimum atomic E-state index is -1.01. The molecule has 86 valence electrons. The van der Waals surface area contributed by atoms with Crippen molar-refractivity contribution in [3.05, 3.63) is 18.3 Å². The van der Waals surface area contributed by atoms with Crippen LogP contribution in [0.15, 0.2) is 18.3 Å². The molecule has 1 heterocycles. The molecule has 0 bridgehead atoms. The first-order valence-electron chi connectivity index (χ1n) is 4.94. The van der Waals surface area contributed by atoms with E-state index in [9.17, 15) is 4.79 Å². The fourth-order valence-corrected chi connectivity index (χ4v) is 1.57. The molecule has 1 fully saturated rings. The summed E-state index contributed by atoms with van der Waals surface area (Å²) in [5.41, 5.74) is 0. The number of carbonyl (C=O) groups is 1. The molecule has 1 aromatic heterocycles. The fourth-order valence-electron chi connectivity index (χ4n) is 1.57. The number of hydrogen-bond acceptors (Lipinski definition) is 4. The highest BCUT2D eigenvalue weighted by Gasteiger charge is 2.32. The van der Waals surface area contributed by atoms with E-state index in [1.165, 1.54) is 12.3 Å². The van der Waals surface area contributed by atoms with E-state index in [-0.39, 0.29) is 17.9 Å². The summed E-state index contributed by atoms with van der Waals surface area (Å²) in [6.45, 7) is 0. The zero-order valence-electron chi connectivity index (χ0n) is 8.46. The van der Waals surface area contributed by atoms with Gasteiger partial charge in [-0.05, 0) is 6.07 Å². The minimum Gasteiger partial charge on any atom is -0.506 e. The van der Waals surface area contributed by atoms with Crippen LogP contribution in [0, 0.1) is 0 Å². The molecule has 3 N–H and O–H groups in total. The monoisotopic (exact) mass is 224 g/mol. The van der Waals surface area contributed by atoms with Gasteiger partial charge in [-0.15, -0.1) is 0 Å². The first kappa shape index (κ1) is 10.5. The van der Waals surface area contributed by atoms with Crippen LogP contribution in [0.1, 0.15) is 12.8 Å². The number of aromatic nitrogens is 1. The molecule has 0 saturated heterocycles. The van der Waals surface area contributed by atoms with Crippen molar-refractivity contribution in [1.82, 2.24) is 10.3 Å². The summed E-state index contributed by atoms with van der Waals surface area (Å²) in [5, 5.41) is 19.9. The van der Waals surface area contributed by atoms with Crippen LogP contribution in [0.2, 0.25) is 0 Å². The molecule has 1 aliphatic carbocycles. The fraction of sp³-hybridized carbons (Fsp3) is 0.400. The van der Waals surface area contributed by atoms with Crippen LogP contribution >= 0.6 is 0 Å². The van der Waals surface area contributed by atoms with Crippen LogP contribution in [0.3, 0.4) is 0 Å². The van der Waals surface area contributed by atoms with Gasteiger partial charge >= 0.3 is 6.09 Å². The standard InChI is InChI=1S/C10H12N2O4/c13-7-1-2-9(11-5-7)16-8-3-6(4-8)12-10(14)15/h1-2,5-6,8,12-13H,3-4H2,(H,14,15). The second-order valence-electron chi connectivity index (χ2n) is 3.71. The lowest BCUT2D eigenvalue weighted by Crippen LogP contribution is -2.48. The summed E-state index contributed by atoms with van der Waals surface area (Å²) in [7, 11) is 0. The predicted octanol–water partition coefficient (Wildman–Crippen LogP) is 0.965. The van der Waals surface area contributed by atoms with Gasteiger partial charge in [-0.25, -0.2) is 9.78 Å². The van der Waals surface area contributed by atoms with E-state index in [4.69, 9.17) is 14.9 Å². The number of pyridine rings is 1. The number of nitrogens with zero attached hydrogens (tertiary/aromatic N) is 1. The van der Waals surface area contributed by atoms with Crippen molar-refractivity contribution in [3.63, 3.8) is 0 Å². The van der Waals surface area contributed by atoms with Crippen LogP contribution in [-0.2, 0) is 0 Å². The average molecular weight is 224 g/mol. The molecule has 6 heteroatoms. The normalized spacial score (nSPS) is 23.2. The molecule has 0 unspecified atom stereocenters. The Balaban J connectivity index is 1.77. The molecule has 16 heavy (non-hydrogen) atoms. The van der Waals surface area contributed by atoms with Gasteiger partial charge in [-0.3, -0.25) is 0 Å². The van der Waals surface area contributed by atoms with E-state index in [0.29, 0.717) is 18.7 Å². The lowest BCUT2D eigenvalue weighted by Gasteiger charge is -2.34. The molecular weight excluding hydrogens is 212 g/mol. The van der Waals surface area contributed by atoms with Gasteiger partial charge in [-0.2, -0.15) is 0 Å². The second kappa shape index (κ2) is 4.26. The summed E-state index contributed by atoms with van der Waals surface area (Å²) in [5.74, 6) is 0.531.